The summed E-state index contributed by atoms with van der Waals surface area (Å²) in [5.74, 6) is 1.75. The van der Waals surface area contributed by atoms with Crippen molar-refractivity contribution in [2.24, 2.45) is 0 Å². The third kappa shape index (κ3) is 3.99. The van der Waals surface area contributed by atoms with Crippen molar-refractivity contribution >= 4 is 22.6 Å². The maximum absolute atomic E-state index is 5.82. The van der Waals surface area contributed by atoms with E-state index in [0.29, 0.717) is 0 Å². The normalized spacial score (nSPS) is 10.3. The summed E-state index contributed by atoms with van der Waals surface area (Å²) in [6.45, 7) is 3.95. The third-order valence-corrected chi connectivity index (χ3v) is 3.25. The summed E-state index contributed by atoms with van der Waals surface area (Å²) in [7, 11) is 0. The number of hydrogen-bond acceptors (Lipinski definition) is 2. The van der Waals surface area contributed by atoms with Crippen molar-refractivity contribution in [3.63, 3.8) is 0 Å². The molecule has 0 fully saturated rings. The van der Waals surface area contributed by atoms with Gasteiger partial charge in [-0.25, -0.2) is 0 Å². The molecule has 0 aliphatic heterocycles. The minimum Gasteiger partial charge on any atom is -0.457 e. The molecule has 0 unspecified atom stereocenters. The largest absolute Gasteiger partial charge is 0.457 e. The van der Waals surface area contributed by atoms with Gasteiger partial charge in [0.15, 0.2) is 0 Å². The Balaban J connectivity index is 2.06. The van der Waals surface area contributed by atoms with Crippen LogP contribution >= 0.6 is 22.6 Å². The maximum Gasteiger partial charge on any atom is 0.127 e. The quantitative estimate of drug-likeness (QED) is 0.814. The number of halogens is 1. The van der Waals surface area contributed by atoms with E-state index < -0.39 is 0 Å². The van der Waals surface area contributed by atoms with Crippen molar-refractivity contribution in [1.82, 2.24) is 5.32 Å². The summed E-state index contributed by atoms with van der Waals surface area (Å²) in [6.07, 6.45) is 0. The van der Waals surface area contributed by atoms with E-state index in [0.717, 1.165) is 24.6 Å². The molecular formula is C15H16INO. The van der Waals surface area contributed by atoms with Crippen molar-refractivity contribution in [3.05, 3.63) is 57.7 Å². The monoisotopic (exact) mass is 353 g/mol. The Morgan fingerprint density at radius 3 is 2.56 bits per heavy atom. The first-order valence-electron chi connectivity index (χ1n) is 6.01. The molecule has 0 saturated heterocycles. The molecule has 0 saturated carbocycles. The van der Waals surface area contributed by atoms with E-state index in [2.05, 4.69) is 47.0 Å². The van der Waals surface area contributed by atoms with Crippen LogP contribution in [0.4, 0.5) is 0 Å². The van der Waals surface area contributed by atoms with Gasteiger partial charge in [0.2, 0.25) is 0 Å². The first-order valence-corrected chi connectivity index (χ1v) is 7.09. The van der Waals surface area contributed by atoms with E-state index in [-0.39, 0.29) is 0 Å². The molecular weight excluding hydrogens is 337 g/mol. The van der Waals surface area contributed by atoms with Crippen LogP contribution in [0.5, 0.6) is 11.5 Å². The standard InChI is InChI=1S/C15H16INO/c1-2-17-11-12-4-3-5-15(10-12)18-14-8-6-13(16)7-9-14/h3-10,17H,2,11H2,1H3. The van der Waals surface area contributed by atoms with E-state index in [1.54, 1.807) is 0 Å². The summed E-state index contributed by atoms with van der Waals surface area (Å²) in [4.78, 5) is 0. The molecule has 0 radical (unpaired) electrons. The van der Waals surface area contributed by atoms with Gasteiger partial charge in [0.1, 0.15) is 11.5 Å². The fourth-order valence-electron chi connectivity index (χ4n) is 1.63. The van der Waals surface area contributed by atoms with Crippen LogP contribution in [0, 0.1) is 3.57 Å². The average molecular weight is 353 g/mol. The lowest BCUT2D eigenvalue weighted by atomic mass is 10.2. The highest BCUT2D eigenvalue weighted by molar-refractivity contribution is 14.1. The molecule has 0 atom stereocenters. The number of benzene rings is 2. The minimum atomic E-state index is 0.871. The summed E-state index contributed by atoms with van der Waals surface area (Å²) >= 11 is 2.28. The molecule has 0 aliphatic rings. The lowest BCUT2D eigenvalue weighted by Crippen LogP contribution is -2.11. The summed E-state index contributed by atoms with van der Waals surface area (Å²) < 4.78 is 7.03. The van der Waals surface area contributed by atoms with Gasteiger partial charge in [-0.3, -0.25) is 0 Å². The molecule has 2 nitrogen and oxygen atoms in total. The van der Waals surface area contributed by atoms with Gasteiger partial charge in [-0.15, -0.1) is 0 Å². The zero-order valence-corrected chi connectivity index (χ0v) is 12.5. The fraction of sp³-hybridized carbons (Fsp3) is 0.200. The van der Waals surface area contributed by atoms with Gasteiger partial charge in [-0.1, -0.05) is 19.1 Å². The summed E-state index contributed by atoms with van der Waals surface area (Å²) in [5, 5.41) is 3.31. The van der Waals surface area contributed by atoms with Crippen molar-refractivity contribution < 1.29 is 4.74 Å². The van der Waals surface area contributed by atoms with Crippen LogP contribution in [0.3, 0.4) is 0 Å². The molecule has 18 heavy (non-hydrogen) atoms. The van der Waals surface area contributed by atoms with E-state index in [4.69, 9.17) is 4.74 Å². The molecule has 2 aromatic carbocycles. The molecule has 0 heterocycles. The van der Waals surface area contributed by atoms with Crippen molar-refractivity contribution in [2.45, 2.75) is 13.5 Å². The van der Waals surface area contributed by atoms with Crippen molar-refractivity contribution in [2.75, 3.05) is 6.54 Å². The zero-order valence-electron chi connectivity index (χ0n) is 10.3. The van der Waals surface area contributed by atoms with Gasteiger partial charge in [0.25, 0.3) is 0 Å². The molecule has 0 spiro atoms. The lowest BCUT2D eigenvalue weighted by Gasteiger charge is -2.08. The van der Waals surface area contributed by atoms with Crippen LogP contribution in [0.1, 0.15) is 12.5 Å². The Kier molecular flexibility index (Phi) is 5.01. The zero-order chi connectivity index (χ0) is 12.8. The van der Waals surface area contributed by atoms with E-state index in [1.165, 1.54) is 9.13 Å². The average Bonchev–Trinajstić information content (AvgIpc) is 2.40. The second-order valence-electron chi connectivity index (χ2n) is 3.98. The Hall–Kier alpha value is -1.07. The van der Waals surface area contributed by atoms with Gasteiger partial charge in [0, 0.05) is 10.1 Å². The van der Waals surface area contributed by atoms with Gasteiger partial charge in [-0.2, -0.15) is 0 Å². The molecule has 1 N–H and O–H groups in total. The van der Waals surface area contributed by atoms with Gasteiger partial charge in [0.05, 0.1) is 0 Å². The number of nitrogens with one attached hydrogen (secondary N) is 1. The van der Waals surface area contributed by atoms with Crippen LogP contribution in [0.15, 0.2) is 48.5 Å². The molecule has 3 heteroatoms. The van der Waals surface area contributed by atoms with Crippen LogP contribution in [0.2, 0.25) is 0 Å². The topological polar surface area (TPSA) is 21.3 Å². The molecule has 0 bridgehead atoms. The molecule has 0 amide bonds. The van der Waals surface area contributed by atoms with Gasteiger partial charge in [-0.05, 0) is 71.1 Å². The third-order valence-electron chi connectivity index (χ3n) is 2.53. The smallest absolute Gasteiger partial charge is 0.127 e. The lowest BCUT2D eigenvalue weighted by molar-refractivity contribution is 0.481. The first-order chi connectivity index (χ1) is 8.78. The highest BCUT2D eigenvalue weighted by Gasteiger charge is 1.99. The van der Waals surface area contributed by atoms with E-state index >= 15 is 0 Å². The van der Waals surface area contributed by atoms with E-state index in [1.807, 2.05) is 36.4 Å². The predicted octanol–water partition coefficient (Wildman–Crippen LogP) is 4.19. The summed E-state index contributed by atoms with van der Waals surface area (Å²) in [5.41, 5.74) is 1.24. The maximum atomic E-state index is 5.82. The van der Waals surface area contributed by atoms with E-state index in [9.17, 15) is 0 Å². The van der Waals surface area contributed by atoms with Crippen LogP contribution in [-0.4, -0.2) is 6.54 Å². The highest BCUT2D eigenvalue weighted by Crippen LogP contribution is 2.22. The molecule has 2 aromatic rings. The molecule has 0 aliphatic carbocycles. The van der Waals surface area contributed by atoms with Crippen LogP contribution < -0.4 is 10.1 Å². The minimum absolute atomic E-state index is 0.871. The number of rotatable bonds is 5. The molecule has 2 rings (SSSR count). The molecule has 94 valence electrons. The highest BCUT2D eigenvalue weighted by atomic mass is 127. The van der Waals surface area contributed by atoms with Gasteiger partial charge >= 0.3 is 0 Å². The Morgan fingerprint density at radius 2 is 1.83 bits per heavy atom. The Labute approximate surface area is 122 Å². The fourth-order valence-corrected chi connectivity index (χ4v) is 1.99. The van der Waals surface area contributed by atoms with Crippen LogP contribution in [-0.2, 0) is 6.54 Å². The first kappa shape index (κ1) is 13.4. The SMILES string of the molecule is CCNCc1cccc(Oc2ccc(I)cc2)c1. The molecule has 0 aromatic heterocycles. The number of ether oxygens (including phenoxy) is 1. The second-order valence-corrected chi connectivity index (χ2v) is 5.23. The van der Waals surface area contributed by atoms with Crippen molar-refractivity contribution in [3.8, 4) is 11.5 Å². The Morgan fingerprint density at radius 1 is 1.06 bits per heavy atom. The number of hydrogen-bond donors (Lipinski definition) is 1. The summed E-state index contributed by atoms with van der Waals surface area (Å²) in [6, 6.07) is 16.2. The van der Waals surface area contributed by atoms with Crippen LogP contribution in [0.25, 0.3) is 0 Å². The van der Waals surface area contributed by atoms with Crippen molar-refractivity contribution in [1.29, 1.82) is 0 Å². The van der Waals surface area contributed by atoms with Gasteiger partial charge < -0.3 is 10.1 Å². The second kappa shape index (κ2) is 6.75. The Bertz CT molecular complexity index is 496. The predicted molar refractivity (Wildman–Crippen MR) is 83.1 cm³/mol.